The summed E-state index contributed by atoms with van der Waals surface area (Å²) >= 11 is 0. The van der Waals surface area contributed by atoms with Crippen LogP contribution in [0.3, 0.4) is 0 Å². The molecule has 4 rings (SSSR count). The van der Waals surface area contributed by atoms with Crippen molar-refractivity contribution >= 4 is 21.7 Å². The molecule has 1 N–H and O–H groups in total. The maximum absolute atomic E-state index is 15.2. The molecule has 0 aliphatic heterocycles. The summed E-state index contributed by atoms with van der Waals surface area (Å²) in [6.45, 7) is 0.0963. The molecule has 0 fully saturated rings. The first-order chi connectivity index (χ1) is 12.7. The molecule has 0 aliphatic rings. The lowest BCUT2D eigenvalue weighted by atomic mass is 9.96. The SMILES string of the molecule is COCOc1cc(-c2ccc3c(O)ncnc3c2F)c2ccccc2c1. The lowest BCUT2D eigenvalue weighted by Crippen LogP contribution is -1.99. The van der Waals surface area contributed by atoms with Gasteiger partial charge in [-0.25, -0.2) is 14.4 Å². The van der Waals surface area contributed by atoms with Crippen LogP contribution in [0, 0.1) is 5.82 Å². The molecule has 0 unspecified atom stereocenters. The molecule has 1 aromatic heterocycles. The topological polar surface area (TPSA) is 64.5 Å². The smallest absolute Gasteiger partial charge is 0.222 e. The summed E-state index contributed by atoms with van der Waals surface area (Å²) in [5.74, 6) is -0.192. The number of fused-ring (bicyclic) bond motifs is 2. The highest BCUT2D eigenvalue weighted by molar-refractivity contribution is 6.00. The van der Waals surface area contributed by atoms with E-state index in [0.29, 0.717) is 16.9 Å². The highest BCUT2D eigenvalue weighted by Gasteiger charge is 2.16. The molecule has 0 radical (unpaired) electrons. The van der Waals surface area contributed by atoms with Crippen molar-refractivity contribution in [3.63, 3.8) is 0 Å². The van der Waals surface area contributed by atoms with Crippen molar-refractivity contribution in [2.45, 2.75) is 0 Å². The van der Waals surface area contributed by atoms with Gasteiger partial charge in [0, 0.05) is 12.7 Å². The standard InChI is InChI=1S/C20H15FN2O3/c1-25-11-26-13-8-12-4-2-3-5-14(12)17(9-13)15-6-7-16-19(18(15)21)22-10-23-20(16)24/h2-10H,11H2,1H3,(H,22,23,24). The summed E-state index contributed by atoms with van der Waals surface area (Å²) in [5.41, 5.74) is 1.11. The highest BCUT2D eigenvalue weighted by atomic mass is 19.1. The largest absolute Gasteiger partial charge is 0.493 e. The molecule has 0 saturated heterocycles. The summed E-state index contributed by atoms with van der Waals surface area (Å²) in [6.07, 6.45) is 1.14. The Morgan fingerprint density at radius 3 is 2.69 bits per heavy atom. The first-order valence-corrected chi connectivity index (χ1v) is 7.96. The van der Waals surface area contributed by atoms with Crippen molar-refractivity contribution in [1.82, 2.24) is 9.97 Å². The van der Waals surface area contributed by atoms with Gasteiger partial charge in [-0.1, -0.05) is 30.3 Å². The third-order valence-corrected chi connectivity index (χ3v) is 4.19. The fourth-order valence-corrected chi connectivity index (χ4v) is 3.01. The van der Waals surface area contributed by atoms with Crippen molar-refractivity contribution < 1.29 is 19.0 Å². The first kappa shape index (κ1) is 16.2. The maximum Gasteiger partial charge on any atom is 0.222 e. The van der Waals surface area contributed by atoms with Crippen LogP contribution >= 0.6 is 0 Å². The van der Waals surface area contributed by atoms with Gasteiger partial charge in [-0.05, 0) is 34.5 Å². The Bertz CT molecular complexity index is 1110. The zero-order valence-electron chi connectivity index (χ0n) is 13.9. The van der Waals surface area contributed by atoms with Gasteiger partial charge in [0.1, 0.15) is 17.6 Å². The molecular formula is C20H15FN2O3. The Hall–Kier alpha value is -3.25. The van der Waals surface area contributed by atoms with E-state index in [1.807, 2.05) is 30.3 Å². The second-order valence-electron chi connectivity index (χ2n) is 5.76. The van der Waals surface area contributed by atoms with Gasteiger partial charge in [0.15, 0.2) is 12.6 Å². The van der Waals surface area contributed by atoms with Crippen LogP contribution in [0.15, 0.2) is 54.9 Å². The van der Waals surface area contributed by atoms with Crippen LogP contribution in [0.1, 0.15) is 0 Å². The third kappa shape index (κ3) is 2.70. The Morgan fingerprint density at radius 2 is 1.85 bits per heavy atom. The van der Waals surface area contributed by atoms with Gasteiger partial charge >= 0.3 is 0 Å². The van der Waals surface area contributed by atoms with E-state index in [9.17, 15) is 5.11 Å². The number of aromatic hydroxyl groups is 1. The normalized spacial score (nSPS) is 11.2. The van der Waals surface area contributed by atoms with Gasteiger partial charge in [-0.15, -0.1) is 0 Å². The Balaban J connectivity index is 1.98. The van der Waals surface area contributed by atoms with Crippen molar-refractivity contribution in [3.8, 4) is 22.8 Å². The minimum Gasteiger partial charge on any atom is -0.493 e. The quantitative estimate of drug-likeness (QED) is 0.557. The van der Waals surface area contributed by atoms with E-state index in [1.54, 1.807) is 18.2 Å². The molecule has 0 atom stereocenters. The average molecular weight is 350 g/mol. The van der Waals surface area contributed by atoms with Crippen molar-refractivity contribution in [1.29, 1.82) is 0 Å². The van der Waals surface area contributed by atoms with Gasteiger partial charge in [0.2, 0.25) is 5.88 Å². The van der Waals surface area contributed by atoms with Crippen molar-refractivity contribution in [2.75, 3.05) is 13.9 Å². The Morgan fingerprint density at radius 1 is 1.00 bits per heavy atom. The van der Waals surface area contributed by atoms with Crippen molar-refractivity contribution in [2.24, 2.45) is 0 Å². The van der Waals surface area contributed by atoms with Crippen LogP contribution in [0.5, 0.6) is 11.6 Å². The molecule has 0 amide bonds. The number of hydrogen-bond donors (Lipinski definition) is 1. The van der Waals surface area contributed by atoms with Crippen LogP contribution in [-0.2, 0) is 4.74 Å². The van der Waals surface area contributed by atoms with E-state index < -0.39 is 5.82 Å². The second-order valence-corrected chi connectivity index (χ2v) is 5.76. The van der Waals surface area contributed by atoms with E-state index >= 15 is 4.39 Å². The second kappa shape index (κ2) is 6.57. The molecular weight excluding hydrogens is 335 g/mol. The minimum absolute atomic E-state index is 0.0716. The number of hydrogen-bond acceptors (Lipinski definition) is 5. The predicted molar refractivity (Wildman–Crippen MR) is 96.6 cm³/mol. The molecule has 26 heavy (non-hydrogen) atoms. The Kier molecular flexibility index (Phi) is 4.10. The molecule has 0 aliphatic carbocycles. The van der Waals surface area contributed by atoms with Gasteiger partial charge in [-0.2, -0.15) is 0 Å². The molecule has 6 heteroatoms. The monoisotopic (exact) mass is 350 g/mol. The van der Waals surface area contributed by atoms with Gasteiger partial charge < -0.3 is 14.6 Å². The molecule has 3 aromatic carbocycles. The number of ether oxygens (including phenoxy) is 2. The average Bonchev–Trinajstić information content (AvgIpc) is 2.67. The molecule has 0 bridgehead atoms. The van der Waals surface area contributed by atoms with Crippen molar-refractivity contribution in [3.05, 3.63) is 60.7 Å². The number of benzene rings is 3. The minimum atomic E-state index is -0.519. The third-order valence-electron chi connectivity index (χ3n) is 4.19. The van der Waals surface area contributed by atoms with E-state index in [-0.39, 0.29) is 23.6 Å². The zero-order chi connectivity index (χ0) is 18.1. The van der Waals surface area contributed by atoms with Crippen LogP contribution in [0.2, 0.25) is 0 Å². The predicted octanol–water partition coefficient (Wildman–Crippen LogP) is 4.28. The summed E-state index contributed by atoms with van der Waals surface area (Å²) < 4.78 is 25.7. The number of halogens is 1. The van der Waals surface area contributed by atoms with E-state index in [2.05, 4.69) is 9.97 Å². The summed E-state index contributed by atoms with van der Waals surface area (Å²) in [6, 6.07) is 14.5. The van der Waals surface area contributed by atoms with Crippen LogP contribution in [-0.4, -0.2) is 29.0 Å². The molecule has 0 spiro atoms. The van der Waals surface area contributed by atoms with Gasteiger partial charge in [-0.3, -0.25) is 0 Å². The highest BCUT2D eigenvalue weighted by Crippen LogP contribution is 2.37. The summed E-state index contributed by atoms with van der Waals surface area (Å²) in [4.78, 5) is 7.67. The van der Waals surface area contributed by atoms with Crippen LogP contribution < -0.4 is 4.74 Å². The molecule has 1 heterocycles. The van der Waals surface area contributed by atoms with Gasteiger partial charge in [0.05, 0.1) is 5.39 Å². The number of nitrogens with zero attached hydrogens (tertiary/aromatic N) is 2. The molecule has 4 aromatic rings. The molecule has 130 valence electrons. The van der Waals surface area contributed by atoms with E-state index in [1.165, 1.54) is 7.11 Å². The lowest BCUT2D eigenvalue weighted by molar-refractivity contribution is 0.0512. The van der Waals surface area contributed by atoms with Gasteiger partial charge in [0.25, 0.3) is 0 Å². The Labute approximate surface area is 148 Å². The number of aromatic nitrogens is 2. The lowest BCUT2D eigenvalue weighted by Gasteiger charge is -2.13. The van der Waals surface area contributed by atoms with Crippen LogP contribution in [0.25, 0.3) is 32.8 Å². The van der Waals surface area contributed by atoms with E-state index in [0.717, 1.165) is 17.1 Å². The number of rotatable bonds is 4. The molecule has 5 nitrogen and oxygen atoms in total. The van der Waals surface area contributed by atoms with E-state index in [4.69, 9.17) is 9.47 Å². The number of methoxy groups -OCH3 is 1. The summed E-state index contributed by atoms with van der Waals surface area (Å²) in [5, 5.41) is 11.9. The van der Waals surface area contributed by atoms with Crippen LogP contribution in [0.4, 0.5) is 4.39 Å². The fourth-order valence-electron chi connectivity index (χ4n) is 3.01. The summed E-state index contributed by atoms with van der Waals surface area (Å²) in [7, 11) is 1.54. The maximum atomic E-state index is 15.2. The fraction of sp³-hybridized carbons (Fsp3) is 0.100. The zero-order valence-corrected chi connectivity index (χ0v) is 13.9. The molecule has 0 saturated carbocycles. The first-order valence-electron chi connectivity index (χ1n) is 7.96.